The number of rotatable bonds is 15. The lowest BCUT2D eigenvalue weighted by atomic mass is 10.0. The van der Waals surface area contributed by atoms with Gasteiger partial charge in [-0.15, -0.1) is 0 Å². The molecule has 13 heteroatoms. The van der Waals surface area contributed by atoms with Gasteiger partial charge in [0.15, 0.2) is 0 Å². The molecule has 0 bridgehead atoms. The van der Waals surface area contributed by atoms with Gasteiger partial charge in [0.1, 0.15) is 23.9 Å². The monoisotopic (exact) mass is 481 g/mol. The van der Waals surface area contributed by atoms with Crippen molar-refractivity contribution in [3.63, 3.8) is 0 Å². The van der Waals surface area contributed by atoms with E-state index in [2.05, 4.69) is 16.0 Å². The Morgan fingerprint density at radius 2 is 1.41 bits per heavy atom. The minimum atomic E-state index is -1.72. The first-order chi connectivity index (χ1) is 16.1. The number of nitrogens with two attached hydrogens (primary N) is 2. The molecule has 0 spiro atoms. The highest BCUT2D eigenvalue weighted by atomic mass is 16.4. The van der Waals surface area contributed by atoms with Gasteiger partial charge in [-0.05, 0) is 43.5 Å². The Balaban J connectivity index is 3.10. The van der Waals surface area contributed by atoms with Crippen molar-refractivity contribution in [2.75, 3.05) is 13.1 Å². The zero-order valence-corrected chi connectivity index (χ0v) is 18.5. The fourth-order valence-corrected chi connectivity index (χ4v) is 3.01. The highest BCUT2D eigenvalue weighted by Crippen LogP contribution is 2.12. The Morgan fingerprint density at radius 3 is 1.94 bits per heavy atom. The van der Waals surface area contributed by atoms with Crippen molar-refractivity contribution in [3.05, 3.63) is 29.8 Å². The van der Waals surface area contributed by atoms with Crippen LogP contribution in [0.5, 0.6) is 5.75 Å². The molecule has 0 aliphatic heterocycles. The number of phenols is 1. The van der Waals surface area contributed by atoms with Crippen LogP contribution in [0.15, 0.2) is 24.3 Å². The van der Waals surface area contributed by atoms with Gasteiger partial charge in [-0.3, -0.25) is 19.2 Å². The molecule has 13 nitrogen and oxygen atoms in total. The van der Waals surface area contributed by atoms with Crippen LogP contribution in [-0.4, -0.2) is 76.2 Å². The molecule has 0 fully saturated rings. The van der Waals surface area contributed by atoms with Crippen LogP contribution in [0.3, 0.4) is 0 Å². The molecule has 188 valence electrons. The number of benzene rings is 1. The molecule has 0 radical (unpaired) electrons. The van der Waals surface area contributed by atoms with E-state index in [1.165, 1.54) is 24.3 Å². The molecule has 0 heterocycles. The number of unbranched alkanes of at least 4 members (excludes halogenated alkanes) is 1. The molecule has 1 aromatic carbocycles. The molecular weight excluding hydrogens is 450 g/mol. The molecule has 1 aromatic rings. The maximum absolute atomic E-state index is 12.9. The molecule has 10 N–H and O–H groups in total. The van der Waals surface area contributed by atoms with Gasteiger partial charge in [0.2, 0.25) is 17.7 Å². The highest BCUT2D eigenvalue weighted by Gasteiger charge is 2.30. The minimum Gasteiger partial charge on any atom is -0.508 e. The number of carbonyl (C=O) groups excluding carboxylic acids is 3. The van der Waals surface area contributed by atoms with Gasteiger partial charge in [-0.25, -0.2) is 4.79 Å². The second-order valence-electron chi connectivity index (χ2n) is 7.54. The van der Waals surface area contributed by atoms with Crippen LogP contribution >= 0.6 is 0 Å². The summed E-state index contributed by atoms with van der Waals surface area (Å²) in [5.41, 5.74) is 11.3. The quantitative estimate of drug-likeness (QED) is 0.129. The van der Waals surface area contributed by atoms with Crippen LogP contribution in [0.1, 0.15) is 31.2 Å². The molecule has 3 unspecified atom stereocenters. The van der Waals surface area contributed by atoms with Crippen LogP contribution in [0.25, 0.3) is 0 Å². The topological polar surface area (TPSA) is 234 Å². The molecule has 3 amide bonds. The van der Waals surface area contributed by atoms with Crippen LogP contribution < -0.4 is 27.4 Å². The van der Waals surface area contributed by atoms with Gasteiger partial charge in [0.25, 0.3) is 0 Å². The second kappa shape index (κ2) is 14.4. The summed E-state index contributed by atoms with van der Waals surface area (Å²) in [4.78, 5) is 59.8. The second-order valence-corrected chi connectivity index (χ2v) is 7.54. The minimum absolute atomic E-state index is 0.0225. The van der Waals surface area contributed by atoms with E-state index in [9.17, 15) is 34.2 Å². The Morgan fingerprint density at radius 1 is 0.824 bits per heavy atom. The van der Waals surface area contributed by atoms with Crippen molar-refractivity contribution in [2.45, 2.75) is 50.2 Å². The third-order valence-corrected chi connectivity index (χ3v) is 4.79. The van der Waals surface area contributed by atoms with E-state index in [4.69, 9.17) is 16.6 Å². The number of amides is 3. The van der Waals surface area contributed by atoms with Gasteiger partial charge in [0, 0.05) is 6.42 Å². The number of aliphatic carboxylic acids is 2. The van der Waals surface area contributed by atoms with Crippen molar-refractivity contribution in [3.8, 4) is 5.75 Å². The van der Waals surface area contributed by atoms with Gasteiger partial charge in [0.05, 0.1) is 13.0 Å². The molecule has 0 aliphatic rings. The molecule has 0 aromatic heterocycles. The summed E-state index contributed by atoms with van der Waals surface area (Å²) in [6, 6.07) is 1.69. The molecular formula is C21H31N5O8. The number of aromatic hydroxyl groups is 1. The first-order valence-corrected chi connectivity index (χ1v) is 10.6. The van der Waals surface area contributed by atoms with Crippen molar-refractivity contribution in [1.82, 2.24) is 16.0 Å². The zero-order valence-electron chi connectivity index (χ0n) is 18.5. The number of carbonyl (C=O) groups is 5. The maximum atomic E-state index is 12.9. The molecule has 0 saturated heterocycles. The fraction of sp³-hybridized carbons (Fsp3) is 0.476. The number of phenolic OH excluding ortho intramolecular Hbond substituents is 1. The zero-order chi connectivity index (χ0) is 25.7. The number of carboxylic acid groups (broad SMARTS) is 2. The van der Waals surface area contributed by atoms with Crippen LogP contribution in [0.2, 0.25) is 0 Å². The average Bonchev–Trinajstić information content (AvgIpc) is 2.78. The van der Waals surface area contributed by atoms with E-state index < -0.39 is 54.2 Å². The lowest BCUT2D eigenvalue weighted by Crippen LogP contribution is -2.57. The van der Waals surface area contributed by atoms with Gasteiger partial charge in [-0.1, -0.05) is 12.1 Å². The van der Waals surface area contributed by atoms with E-state index in [-0.39, 0.29) is 25.1 Å². The predicted molar refractivity (Wildman–Crippen MR) is 119 cm³/mol. The Hall–Kier alpha value is -3.71. The summed E-state index contributed by atoms with van der Waals surface area (Å²) in [7, 11) is 0. The Bertz CT molecular complexity index is 861. The van der Waals surface area contributed by atoms with E-state index in [0.717, 1.165) is 0 Å². The summed E-state index contributed by atoms with van der Waals surface area (Å²) >= 11 is 0. The third kappa shape index (κ3) is 10.3. The summed E-state index contributed by atoms with van der Waals surface area (Å²) in [6.07, 6.45) is 0.356. The van der Waals surface area contributed by atoms with Gasteiger partial charge < -0.3 is 42.7 Å². The fourth-order valence-electron chi connectivity index (χ4n) is 3.01. The van der Waals surface area contributed by atoms with Crippen LogP contribution in [-0.2, 0) is 30.4 Å². The molecule has 1 rings (SSSR count). The predicted octanol–water partition coefficient (Wildman–Crippen LogP) is -1.96. The number of hydrogen-bond donors (Lipinski definition) is 8. The van der Waals surface area contributed by atoms with E-state index in [1.54, 1.807) is 0 Å². The molecule has 3 atom stereocenters. The number of hydrogen-bond acceptors (Lipinski definition) is 8. The maximum Gasteiger partial charge on any atom is 0.326 e. The largest absolute Gasteiger partial charge is 0.508 e. The van der Waals surface area contributed by atoms with E-state index in [1.807, 2.05) is 0 Å². The van der Waals surface area contributed by atoms with Crippen molar-refractivity contribution in [2.24, 2.45) is 11.5 Å². The van der Waals surface area contributed by atoms with E-state index in [0.29, 0.717) is 24.9 Å². The number of carboxylic acids is 2. The normalized spacial score (nSPS) is 13.2. The first kappa shape index (κ1) is 28.3. The van der Waals surface area contributed by atoms with Crippen LogP contribution in [0, 0.1) is 0 Å². The van der Waals surface area contributed by atoms with Crippen LogP contribution in [0.4, 0.5) is 0 Å². The highest BCUT2D eigenvalue weighted by molar-refractivity contribution is 5.94. The Labute approximate surface area is 195 Å². The lowest BCUT2D eigenvalue weighted by Gasteiger charge is -2.24. The third-order valence-electron chi connectivity index (χ3n) is 4.79. The summed E-state index contributed by atoms with van der Waals surface area (Å²) in [5, 5.41) is 34.7. The smallest absolute Gasteiger partial charge is 0.326 e. The standard InChI is InChI=1S/C21H31N5O8/c22-8-2-1-3-14(24-17(28)11-23)19(31)25-15(9-12-4-6-13(27)7-5-12)20(32)26-16(21(33)34)10-18(29)30/h4-7,14-16,27H,1-3,8-11,22-23H2,(H,24,28)(H,25,31)(H,26,32)(H,29,30)(H,33,34). The van der Waals surface area contributed by atoms with Crippen molar-refractivity contribution in [1.29, 1.82) is 0 Å². The summed E-state index contributed by atoms with van der Waals surface area (Å²) in [5.74, 6) is -5.23. The number of nitrogens with one attached hydrogen (secondary N) is 3. The molecule has 0 saturated carbocycles. The first-order valence-electron chi connectivity index (χ1n) is 10.6. The van der Waals surface area contributed by atoms with Crippen molar-refractivity contribution < 1.29 is 39.3 Å². The van der Waals surface area contributed by atoms with E-state index >= 15 is 0 Å². The summed E-state index contributed by atoms with van der Waals surface area (Å²) in [6.45, 7) is 0.0266. The lowest BCUT2D eigenvalue weighted by molar-refractivity contribution is -0.147. The van der Waals surface area contributed by atoms with Gasteiger partial charge in [-0.2, -0.15) is 0 Å². The SMILES string of the molecule is NCCCCC(NC(=O)CN)C(=O)NC(Cc1ccc(O)cc1)C(=O)NC(CC(=O)O)C(=O)O. The molecule has 34 heavy (non-hydrogen) atoms. The van der Waals surface area contributed by atoms with Crippen molar-refractivity contribution >= 4 is 29.7 Å². The Kier molecular flexibility index (Phi) is 12.0. The average molecular weight is 482 g/mol. The van der Waals surface area contributed by atoms with Gasteiger partial charge >= 0.3 is 11.9 Å². The summed E-state index contributed by atoms with van der Waals surface area (Å²) < 4.78 is 0. The molecule has 0 aliphatic carbocycles.